The van der Waals surface area contributed by atoms with E-state index in [9.17, 15) is 14.4 Å². The van der Waals surface area contributed by atoms with Crippen LogP contribution < -0.4 is 5.32 Å². The molecular formula is C26H26N6O4. The topological polar surface area (TPSA) is 119 Å². The van der Waals surface area contributed by atoms with Gasteiger partial charge in [0, 0.05) is 68.2 Å². The molecule has 2 saturated heterocycles. The maximum absolute atomic E-state index is 13.1. The minimum Gasteiger partial charge on any atom is -0.381 e. The number of imidazole rings is 1. The van der Waals surface area contributed by atoms with Crippen molar-refractivity contribution >= 4 is 17.7 Å². The van der Waals surface area contributed by atoms with E-state index in [1.54, 1.807) is 17.3 Å². The number of aromatic nitrogens is 4. The quantitative estimate of drug-likeness (QED) is 0.562. The lowest BCUT2D eigenvalue weighted by Gasteiger charge is -2.29. The van der Waals surface area contributed by atoms with E-state index in [1.165, 1.54) is 6.33 Å². The fraction of sp³-hybridized carbons (Fsp3) is 0.385. The Balaban J connectivity index is 1.39. The van der Waals surface area contributed by atoms with Crippen molar-refractivity contribution in [3.8, 4) is 22.5 Å². The Morgan fingerprint density at radius 3 is 2.56 bits per heavy atom. The fourth-order valence-electron chi connectivity index (χ4n) is 5.51. The highest BCUT2D eigenvalue weighted by Gasteiger charge is 2.39. The van der Waals surface area contributed by atoms with Crippen molar-refractivity contribution in [1.29, 1.82) is 0 Å². The third-order valence-electron chi connectivity index (χ3n) is 7.35. The summed E-state index contributed by atoms with van der Waals surface area (Å²) in [6, 6.07) is 5.07. The molecule has 2 aromatic heterocycles. The molecule has 1 N–H and O–H groups in total. The van der Waals surface area contributed by atoms with Crippen molar-refractivity contribution < 1.29 is 19.1 Å². The van der Waals surface area contributed by atoms with E-state index in [0.29, 0.717) is 37.7 Å². The van der Waals surface area contributed by atoms with Gasteiger partial charge < -0.3 is 14.2 Å². The smallest absolute Gasteiger partial charge is 0.255 e. The van der Waals surface area contributed by atoms with Gasteiger partial charge in [-0.15, -0.1) is 0 Å². The summed E-state index contributed by atoms with van der Waals surface area (Å²) in [5.41, 5.74) is 4.90. The summed E-state index contributed by atoms with van der Waals surface area (Å²) in [6.07, 6.45) is 7.45. The Labute approximate surface area is 207 Å². The number of hydrogen-bond donors (Lipinski definition) is 1. The molecule has 0 saturated carbocycles. The number of nitrogens with one attached hydrogen (secondary N) is 1. The number of carbonyl (C=O) groups excluding carboxylic acids is 3. The Bertz CT molecular complexity index is 1360. The lowest BCUT2D eigenvalue weighted by atomic mass is 9.99. The van der Waals surface area contributed by atoms with Crippen molar-refractivity contribution in [2.75, 3.05) is 13.2 Å². The van der Waals surface area contributed by atoms with Crippen LogP contribution in [0.25, 0.3) is 22.5 Å². The second kappa shape index (κ2) is 8.94. The van der Waals surface area contributed by atoms with Crippen LogP contribution in [0.2, 0.25) is 0 Å². The van der Waals surface area contributed by atoms with Gasteiger partial charge in [0.1, 0.15) is 18.2 Å². The summed E-state index contributed by atoms with van der Waals surface area (Å²) in [5.74, 6) is 0.390. The molecule has 3 amide bonds. The molecule has 1 atom stereocenters. The van der Waals surface area contributed by atoms with Crippen LogP contribution in [-0.4, -0.2) is 61.4 Å². The minimum absolute atomic E-state index is 0.188. The monoisotopic (exact) mass is 486 g/mol. The minimum atomic E-state index is -0.641. The number of piperidine rings is 1. The van der Waals surface area contributed by atoms with E-state index in [1.807, 2.05) is 25.2 Å². The molecule has 1 aromatic carbocycles. The predicted octanol–water partition coefficient (Wildman–Crippen LogP) is 2.20. The zero-order valence-corrected chi connectivity index (χ0v) is 19.9. The van der Waals surface area contributed by atoms with Crippen LogP contribution in [0.4, 0.5) is 0 Å². The van der Waals surface area contributed by atoms with Gasteiger partial charge in [-0.05, 0) is 37.0 Å². The maximum Gasteiger partial charge on any atom is 0.255 e. The molecular weight excluding hydrogens is 460 g/mol. The molecule has 10 heteroatoms. The molecule has 3 aromatic rings. The zero-order valence-electron chi connectivity index (χ0n) is 19.9. The second-order valence-electron chi connectivity index (χ2n) is 9.51. The average molecular weight is 487 g/mol. The number of ether oxygens (including phenoxy) is 1. The van der Waals surface area contributed by atoms with Crippen molar-refractivity contribution in [3.05, 3.63) is 53.9 Å². The highest BCUT2D eigenvalue weighted by molar-refractivity contribution is 6.05. The molecule has 0 bridgehead atoms. The van der Waals surface area contributed by atoms with Gasteiger partial charge in [0.25, 0.3) is 5.91 Å². The van der Waals surface area contributed by atoms with E-state index in [-0.39, 0.29) is 18.2 Å². The first kappa shape index (κ1) is 22.5. The van der Waals surface area contributed by atoms with Gasteiger partial charge in [0.05, 0.1) is 11.4 Å². The Kier molecular flexibility index (Phi) is 5.60. The standard InChI is InChI=1S/C26H26N6O4/c1-31-23(18-11-27-14-28-12-18)22(30-24(31)15-6-8-36-9-7-15)16-2-3-19-17(10-16)13-32(26(19)35)20-4-5-21(33)29-25(20)34/h2-3,10-12,14-15,20H,4-9,13H2,1H3,(H,29,33,34). The highest BCUT2D eigenvalue weighted by atomic mass is 16.5. The molecule has 6 rings (SSSR count). The van der Waals surface area contributed by atoms with Crippen molar-refractivity contribution in [1.82, 2.24) is 29.7 Å². The maximum atomic E-state index is 13.1. The number of fused-ring (bicyclic) bond motifs is 1. The number of benzene rings is 1. The lowest BCUT2D eigenvalue weighted by Crippen LogP contribution is -2.52. The van der Waals surface area contributed by atoms with Gasteiger partial charge in [0.2, 0.25) is 11.8 Å². The van der Waals surface area contributed by atoms with Crippen molar-refractivity contribution in [2.24, 2.45) is 7.05 Å². The van der Waals surface area contributed by atoms with Crippen LogP contribution in [0.1, 0.15) is 53.3 Å². The van der Waals surface area contributed by atoms with E-state index < -0.39 is 11.9 Å². The predicted molar refractivity (Wildman–Crippen MR) is 129 cm³/mol. The number of carbonyl (C=O) groups is 3. The third-order valence-corrected chi connectivity index (χ3v) is 7.35. The molecule has 0 aliphatic carbocycles. The molecule has 3 aliphatic rings. The molecule has 10 nitrogen and oxygen atoms in total. The fourth-order valence-corrected chi connectivity index (χ4v) is 5.51. The summed E-state index contributed by atoms with van der Waals surface area (Å²) in [4.78, 5) is 52.2. The normalized spacial score (nSPS) is 20.5. The Morgan fingerprint density at radius 2 is 1.81 bits per heavy atom. The number of hydrogen-bond acceptors (Lipinski definition) is 7. The first-order valence-corrected chi connectivity index (χ1v) is 12.2. The van der Waals surface area contributed by atoms with Gasteiger partial charge in [-0.3, -0.25) is 19.7 Å². The summed E-state index contributed by atoms with van der Waals surface area (Å²) in [7, 11) is 2.02. The van der Waals surface area contributed by atoms with Crippen LogP contribution >= 0.6 is 0 Å². The molecule has 0 radical (unpaired) electrons. The van der Waals surface area contributed by atoms with Crippen LogP contribution in [0.15, 0.2) is 36.9 Å². The van der Waals surface area contributed by atoms with E-state index in [2.05, 4.69) is 19.9 Å². The zero-order chi connectivity index (χ0) is 24.8. The average Bonchev–Trinajstić information content (AvgIpc) is 3.41. The van der Waals surface area contributed by atoms with Gasteiger partial charge in [-0.2, -0.15) is 0 Å². The summed E-state index contributed by atoms with van der Waals surface area (Å²) < 4.78 is 7.68. The van der Waals surface area contributed by atoms with Gasteiger partial charge in [0.15, 0.2) is 0 Å². The molecule has 184 valence electrons. The molecule has 5 heterocycles. The molecule has 1 unspecified atom stereocenters. The summed E-state index contributed by atoms with van der Waals surface area (Å²) in [5, 5.41) is 2.35. The van der Waals surface area contributed by atoms with Crippen molar-refractivity contribution in [2.45, 2.75) is 44.2 Å². The first-order valence-electron chi connectivity index (χ1n) is 12.2. The van der Waals surface area contributed by atoms with E-state index >= 15 is 0 Å². The number of amides is 3. The van der Waals surface area contributed by atoms with Gasteiger partial charge in [-0.25, -0.2) is 15.0 Å². The van der Waals surface area contributed by atoms with Crippen LogP contribution in [0, 0.1) is 0 Å². The number of imide groups is 1. The molecule has 0 spiro atoms. The summed E-state index contributed by atoms with van der Waals surface area (Å²) >= 11 is 0. The number of nitrogens with zero attached hydrogens (tertiary/aromatic N) is 5. The molecule has 2 fully saturated rings. The SMILES string of the molecule is Cn1c(C2CCOCC2)nc(-c2ccc3c(c2)CN(C2CCC(=O)NC2=O)C3=O)c1-c1cncnc1. The second-order valence-corrected chi connectivity index (χ2v) is 9.51. The first-order chi connectivity index (χ1) is 17.5. The third kappa shape index (κ3) is 3.78. The van der Waals surface area contributed by atoms with Gasteiger partial charge in [-0.1, -0.05) is 6.07 Å². The van der Waals surface area contributed by atoms with E-state index in [4.69, 9.17) is 9.72 Å². The Hall–Kier alpha value is -3.92. The largest absolute Gasteiger partial charge is 0.381 e. The number of rotatable bonds is 4. The molecule has 3 aliphatic heterocycles. The lowest BCUT2D eigenvalue weighted by molar-refractivity contribution is -0.136. The summed E-state index contributed by atoms with van der Waals surface area (Å²) in [6.45, 7) is 1.75. The molecule has 36 heavy (non-hydrogen) atoms. The van der Waals surface area contributed by atoms with E-state index in [0.717, 1.165) is 46.7 Å². The van der Waals surface area contributed by atoms with Gasteiger partial charge >= 0.3 is 0 Å². The van der Waals surface area contributed by atoms with Crippen molar-refractivity contribution in [3.63, 3.8) is 0 Å². The highest BCUT2D eigenvalue weighted by Crippen LogP contribution is 2.38. The Morgan fingerprint density at radius 1 is 1.03 bits per heavy atom. The van der Waals surface area contributed by atoms with Crippen LogP contribution in [-0.2, 0) is 27.9 Å². The van der Waals surface area contributed by atoms with Crippen LogP contribution in [0.3, 0.4) is 0 Å². The van der Waals surface area contributed by atoms with Crippen LogP contribution in [0.5, 0.6) is 0 Å².